The van der Waals surface area contributed by atoms with Gasteiger partial charge in [0, 0.05) is 45.7 Å². The van der Waals surface area contributed by atoms with Crippen LogP contribution in [0.1, 0.15) is 38.7 Å². The molecule has 1 heterocycles. The standard InChI is InChI=1S/C19H31N3O3S.C2HF3O2/c1-3-5-13-22(14-10-19(23)21-15-11-20-12-16-21)26(24,25)18-8-6-17(4-2)7-9-18;3-2(4,5)1(6)7/h6-9,20H,3-5,10-16H2,1-2H3;(H,6,7). The molecule has 1 saturated heterocycles. The number of carboxylic acids is 1. The number of hydrogen-bond donors (Lipinski definition) is 2. The molecule has 0 saturated carbocycles. The molecule has 0 atom stereocenters. The van der Waals surface area contributed by atoms with Crippen LogP contribution in [0.25, 0.3) is 0 Å². The number of aliphatic carboxylic acids is 1. The fourth-order valence-corrected chi connectivity index (χ4v) is 4.50. The summed E-state index contributed by atoms with van der Waals surface area (Å²) in [4.78, 5) is 23.4. The molecule has 2 N–H and O–H groups in total. The van der Waals surface area contributed by atoms with Crippen LogP contribution in [0.5, 0.6) is 0 Å². The third-order valence-corrected chi connectivity index (χ3v) is 6.93. The maximum absolute atomic E-state index is 13.0. The van der Waals surface area contributed by atoms with Crippen LogP contribution in [-0.2, 0) is 26.0 Å². The summed E-state index contributed by atoms with van der Waals surface area (Å²) in [6.07, 6.45) is -2.28. The van der Waals surface area contributed by atoms with E-state index in [1.54, 1.807) is 12.1 Å². The average molecular weight is 496 g/mol. The normalized spacial score (nSPS) is 14.5. The van der Waals surface area contributed by atoms with Crippen molar-refractivity contribution in [3.05, 3.63) is 29.8 Å². The van der Waals surface area contributed by atoms with E-state index in [9.17, 15) is 26.4 Å². The monoisotopic (exact) mass is 495 g/mol. The molecule has 1 aliphatic rings. The third-order valence-electron chi connectivity index (χ3n) is 5.02. The summed E-state index contributed by atoms with van der Waals surface area (Å²) in [6.45, 7) is 7.74. The van der Waals surface area contributed by atoms with Crippen molar-refractivity contribution in [3.8, 4) is 0 Å². The van der Waals surface area contributed by atoms with Crippen molar-refractivity contribution in [1.82, 2.24) is 14.5 Å². The minimum absolute atomic E-state index is 0.0320. The second kappa shape index (κ2) is 13.5. The summed E-state index contributed by atoms with van der Waals surface area (Å²) >= 11 is 0. The van der Waals surface area contributed by atoms with Crippen molar-refractivity contribution in [2.75, 3.05) is 39.3 Å². The van der Waals surface area contributed by atoms with Crippen molar-refractivity contribution in [2.45, 2.75) is 50.6 Å². The molecule has 8 nitrogen and oxygen atoms in total. The first-order valence-corrected chi connectivity index (χ1v) is 12.2. The highest BCUT2D eigenvalue weighted by Crippen LogP contribution is 2.18. The number of hydrogen-bond acceptors (Lipinski definition) is 5. The number of amides is 1. The summed E-state index contributed by atoms with van der Waals surface area (Å²) in [5.74, 6) is -2.72. The predicted octanol–water partition coefficient (Wildman–Crippen LogP) is 2.50. The lowest BCUT2D eigenvalue weighted by atomic mass is 10.2. The summed E-state index contributed by atoms with van der Waals surface area (Å²) in [5.41, 5.74) is 1.11. The van der Waals surface area contributed by atoms with Crippen LogP contribution in [-0.4, -0.2) is 80.1 Å². The summed E-state index contributed by atoms with van der Waals surface area (Å²) < 4.78 is 59.2. The van der Waals surface area contributed by atoms with Gasteiger partial charge < -0.3 is 15.3 Å². The Morgan fingerprint density at radius 3 is 2.09 bits per heavy atom. The van der Waals surface area contributed by atoms with E-state index in [1.165, 1.54) is 4.31 Å². The maximum atomic E-state index is 13.0. The molecular formula is C21H32F3N3O5S. The first-order valence-electron chi connectivity index (χ1n) is 10.8. The largest absolute Gasteiger partial charge is 0.490 e. The highest BCUT2D eigenvalue weighted by molar-refractivity contribution is 7.89. The van der Waals surface area contributed by atoms with E-state index in [2.05, 4.69) is 5.32 Å². The van der Waals surface area contributed by atoms with Crippen LogP contribution < -0.4 is 5.32 Å². The Morgan fingerprint density at radius 1 is 1.09 bits per heavy atom. The van der Waals surface area contributed by atoms with Crippen LogP contribution in [0.4, 0.5) is 13.2 Å². The molecule has 0 spiro atoms. The number of rotatable bonds is 9. The van der Waals surface area contributed by atoms with Crippen LogP contribution in [0.15, 0.2) is 29.2 Å². The van der Waals surface area contributed by atoms with Crippen LogP contribution in [0.2, 0.25) is 0 Å². The number of carboxylic acid groups (broad SMARTS) is 1. The van der Waals surface area contributed by atoms with Crippen molar-refractivity contribution in [2.24, 2.45) is 0 Å². The number of sulfonamides is 1. The van der Waals surface area contributed by atoms with E-state index < -0.39 is 22.2 Å². The fourth-order valence-electron chi connectivity index (χ4n) is 3.03. The lowest BCUT2D eigenvalue weighted by Gasteiger charge is -2.29. The molecule has 0 bridgehead atoms. The molecule has 1 amide bonds. The van der Waals surface area contributed by atoms with E-state index >= 15 is 0 Å². The van der Waals surface area contributed by atoms with E-state index in [4.69, 9.17) is 9.90 Å². The number of carbonyl (C=O) groups excluding carboxylic acids is 1. The SMILES string of the molecule is CCCCN(CCC(=O)N1CCNCC1)S(=O)(=O)c1ccc(CC)cc1.O=C(O)C(F)(F)F. The molecule has 1 aliphatic heterocycles. The summed E-state index contributed by atoms with van der Waals surface area (Å²) in [5, 5.41) is 10.3. The van der Waals surface area contributed by atoms with Gasteiger partial charge in [-0.25, -0.2) is 13.2 Å². The zero-order valence-corrected chi connectivity index (χ0v) is 19.7. The Hall–Kier alpha value is -2.18. The van der Waals surface area contributed by atoms with Gasteiger partial charge in [0.2, 0.25) is 15.9 Å². The third kappa shape index (κ3) is 9.68. The lowest BCUT2D eigenvalue weighted by Crippen LogP contribution is -2.47. The molecule has 0 aromatic heterocycles. The molecule has 188 valence electrons. The van der Waals surface area contributed by atoms with Crippen molar-refractivity contribution in [3.63, 3.8) is 0 Å². The van der Waals surface area contributed by atoms with Gasteiger partial charge in [-0.1, -0.05) is 32.4 Å². The summed E-state index contributed by atoms with van der Waals surface area (Å²) in [7, 11) is -3.57. The Morgan fingerprint density at radius 2 is 1.64 bits per heavy atom. The number of benzene rings is 1. The lowest BCUT2D eigenvalue weighted by molar-refractivity contribution is -0.192. The number of halogens is 3. The van der Waals surface area contributed by atoms with Gasteiger partial charge in [-0.3, -0.25) is 4.79 Å². The molecule has 33 heavy (non-hydrogen) atoms. The Bertz CT molecular complexity index is 855. The second-order valence-corrected chi connectivity index (χ2v) is 9.38. The van der Waals surface area contributed by atoms with E-state index in [0.717, 1.165) is 37.9 Å². The van der Waals surface area contributed by atoms with Gasteiger partial charge >= 0.3 is 12.1 Å². The molecular weight excluding hydrogens is 463 g/mol. The number of piperazine rings is 1. The van der Waals surface area contributed by atoms with Gasteiger partial charge in [0.05, 0.1) is 4.90 Å². The Kier molecular flexibility index (Phi) is 11.8. The highest BCUT2D eigenvalue weighted by atomic mass is 32.2. The van der Waals surface area contributed by atoms with Gasteiger partial charge in [-0.15, -0.1) is 0 Å². The topological polar surface area (TPSA) is 107 Å². The zero-order valence-electron chi connectivity index (χ0n) is 18.9. The molecule has 1 aromatic carbocycles. The number of nitrogens with one attached hydrogen (secondary N) is 1. The molecule has 0 aliphatic carbocycles. The first kappa shape index (κ1) is 28.9. The predicted molar refractivity (Wildman–Crippen MR) is 117 cm³/mol. The molecule has 0 unspecified atom stereocenters. The van der Waals surface area contributed by atoms with Gasteiger partial charge in [-0.2, -0.15) is 17.5 Å². The van der Waals surface area contributed by atoms with Crippen molar-refractivity contribution in [1.29, 1.82) is 0 Å². The Balaban J connectivity index is 0.000000675. The molecule has 0 radical (unpaired) electrons. The minimum Gasteiger partial charge on any atom is -0.475 e. The van der Waals surface area contributed by atoms with Crippen molar-refractivity contribution >= 4 is 21.9 Å². The quantitative estimate of drug-likeness (QED) is 0.545. The van der Waals surface area contributed by atoms with E-state index in [0.29, 0.717) is 24.5 Å². The van der Waals surface area contributed by atoms with Crippen molar-refractivity contribution < 1.29 is 36.3 Å². The van der Waals surface area contributed by atoms with Crippen LogP contribution in [0.3, 0.4) is 0 Å². The number of aryl methyl sites for hydroxylation is 1. The van der Waals surface area contributed by atoms with Gasteiger partial charge in [-0.05, 0) is 30.5 Å². The number of nitrogens with zero attached hydrogens (tertiary/aromatic N) is 2. The Labute approximate surface area is 192 Å². The van der Waals surface area contributed by atoms with Gasteiger partial charge in [0.25, 0.3) is 0 Å². The smallest absolute Gasteiger partial charge is 0.475 e. The van der Waals surface area contributed by atoms with Crippen LogP contribution >= 0.6 is 0 Å². The zero-order chi connectivity index (χ0) is 25.1. The number of carbonyl (C=O) groups is 2. The molecule has 1 fully saturated rings. The molecule has 2 rings (SSSR count). The van der Waals surface area contributed by atoms with Gasteiger partial charge in [0.1, 0.15) is 0 Å². The number of unbranched alkanes of at least 4 members (excludes halogenated alkanes) is 1. The average Bonchev–Trinajstić information content (AvgIpc) is 2.79. The van der Waals surface area contributed by atoms with Crippen LogP contribution in [0, 0.1) is 0 Å². The molecule has 12 heteroatoms. The second-order valence-electron chi connectivity index (χ2n) is 7.44. The van der Waals surface area contributed by atoms with E-state index in [-0.39, 0.29) is 18.9 Å². The first-order chi connectivity index (χ1) is 15.4. The van der Waals surface area contributed by atoms with E-state index in [1.807, 2.05) is 30.9 Å². The highest BCUT2D eigenvalue weighted by Gasteiger charge is 2.38. The van der Waals surface area contributed by atoms with Gasteiger partial charge in [0.15, 0.2) is 0 Å². The number of alkyl halides is 3. The maximum Gasteiger partial charge on any atom is 0.490 e. The molecule has 1 aromatic rings. The fraction of sp³-hybridized carbons (Fsp3) is 0.619. The summed E-state index contributed by atoms with van der Waals surface area (Å²) in [6, 6.07) is 7.06. The minimum atomic E-state index is -5.08.